The molecule has 20 heavy (non-hydrogen) atoms. The van der Waals surface area contributed by atoms with Gasteiger partial charge >= 0.3 is 0 Å². The number of H-pyrrole nitrogens is 1. The Morgan fingerprint density at radius 2 is 2.05 bits per heavy atom. The van der Waals surface area contributed by atoms with Gasteiger partial charge < -0.3 is 4.98 Å². The van der Waals surface area contributed by atoms with Crippen LogP contribution in [0.25, 0.3) is 16.9 Å². The van der Waals surface area contributed by atoms with Crippen LogP contribution in [0, 0.1) is 11.7 Å². The number of rotatable bonds is 3. The summed E-state index contributed by atoms with van der Waals surface area (Å²) in [6.07, 6.45) is 3.98. The molecule has 2 heterocycles. The van der Waals surface area contributed by atoms with Crippen molar-refractivity contribution in [3.8, 4) is 5.69 Å². The van der Waals surface area contributed by atoms with E-state index < -0.39 is 0 Å². The lowest BCUT2D eigenvalue weighted by molar-refractivity contribution is 0.898. The van der Waals surface area contributed by atoms with Gasteiger partial charge in [0.1, 0.15) is 0 Å². The number of benzene rings is 1. The lowest BCUT2D eigenvalue weighted by atomic mass is 10.1. The van der Waals surface area contributed by atoms with Crippen LogP contribution < -0.4 is 0 Å². The molecule has 2 aromatic heterocycles. The molecule has 0 aliphatic rings. The van der Waals surface area contributed by atoms with Gasteiger partial charge in [0.05, 0.1) is 11.2 Å². The van der Waals surface area contributed by atoms with E-state index >= 15 is 0 Å². The maximum absolute atomic E-state index is 5.51. The van der Waals surface area contributed by atoms with Crippen molar-refractivity contribution >= 4 is 23.4 Å². The zero-order valence-corrected chi connectivity index (χ0v) is 12.5. The number of aromatic nitrogens is 3. The molecular formula is C16H17N3S. The molecule has 3 nitrogen and oxygen atoms in total. The Morgan fingerprint density at radius 3 is 2.85 bits per heavy atom. The van der Waals surface area contributed by atoms with Crippen molar-refractivity contribution in [1.29, 1.82) is 0 Å². The van der Waals surface area contributed by atoms with E-state index in [1.54, 1.807) is 0 Å². The number of nitrogens with one attached hydrogen (secondary N) is 1. The summed E-state index contributed by atoms with van der Waals surface area (Å²) in [5.41, 5.74) is 5.51. The zero-order valence-electron chi connectivity index (χ0n) is 11.7. The Balaban J connectivity index is 2.33. The van der Waals surface area contributed by atoms with E-state index in [0.29, 0.717) is 4.77 Å². The first-order valence-electron chi connectivity index (χ1n) is 6.87. The second-order valence-electron chi connectivity index (χ2n) is 4.97. The van der Waals surface area contributed by atoms with Gasteiger partial charge in [0, 0.05) is 6.20 Å². The fourth-order valence-corrected chi connectivity index (χ4v) is 2.85. The Labute approximate surface area is 123 Å². The van der Waals surface area contributed by atoms with Crippen molar-refractivity contribution in [2.24, 2.45) is 0 Å². The molecule has 0 radical (unpaired) electrons. The molecule has 0 aliphatic heterocycles. The van der Waals surface area contributed by atoms with Crippen LogP contribution in [-0.4, -0.2) is 14.5 Å². The van der Waals surface area contributed by atoms with Crippen molar-refractivity contribution in [3.63, 3.8) is 0 Å². The summed E-state index contributed by atoms with van der Waals surface area (Å²) in [5.74, 6) is 0. The monoisotopic (exact) mass is 283 g/mol. The van der Waals surface area contributed by atoms with Crippen LogP contribution in [-0.2, 0) is 6.42 Å². The number of para-hydroxylation sites is 1. The second kappa shape index (κ2) is 5.21. The van der Waals surface area contributed by atoms with Crippen LogP contribution in [0.3, 0.4) is 0 Å². The van der Waals surface area contributed by atoms with E-state index in [1.165, 1.54) is 5.56 Å². The molecule has 0 bridgehead atoms. The highest BCUT2D eigenvalue weighted by Crippen LogP contribution is 2.23. The first-order chi connectivity index (χ1) is 9.72. The molecule has 0 fully saturated rings. The van der Waals surface area contributed by atoms with Crippen LogP contribution in [0.4, 0.5) is 0 Å². The number of aromatic amines is 1. The van der Waals surface area contributed by atoms with Crippen LogP contribution in [0.15, 0.2) is 36.5 Å². The summed E-state index contributed by atoms with van der Waals surface area (Å²) in [7, 11) is 0. The van der Waals surface area contributed by atoms with E-state index in [-0.39, 0.29) is 0 Å². The number of fused-ring (bicyclic) bond motifs is 1. The molecule has 3 rings (SSSR count). The fourth-order valence-electron chi connectivity index (χ4n) is 2.56. The second-order valence-corrected chi connectivity index (χ2v) is 5.36. The topological polar surface area (TPSA) is 33.6 Å². The molecule has 4 heteroatoms. The van der Waals surface area contributed by atoms with Crippen LogP contribution in [0.2, 0.25) is 0 Å². The number of aryl methyl sites for hydroxylation is 2. The van der Waals surface area contributed by atoms with Crippen molar-refractivity contribution in [2.45, 2.75) is 26.7 Å². The number of pyridine rings is 1. The van der Waals surface area contributed by atoms with Gasteiger partial charge in [-0.15, -0.1) is 0 Å². The molecule has 1 N–H and O–H groups in total. The summed E-state index contributed by atoms with van der Waals surface area (Å²) in [4.78, 5) is 7.78. The highest BCUT2D eigenvalue weighted by molar-refractivity contribution is 7.71. The summed E-state index contributed by atoms with van der Waals surface area (Å²) in [5, 5.41) is 0. The quantitative estimate of drug-likeness (QED) is 0.725. The smallest absolute Gasteiger partial charge is 0.184 e. The highest BCUT2D eigenvalue weighted by Gasteiger charge is 2.11. The third kappa shape index (κ3) is 2.06. The molecule has 0 spiro atoms. The van der Waals surface area contributed by atoms with Crippen LogP contribution in [0.5, 0.6) is 0 Å². The zero-order chi connectivity index (χ0) is 14.1. The van der Waals surface area contributed by atoms with Gasteiger partial charge in [0.25, 0.3) is 0 Å². The maximum Gasteiger partial charge on any atom is 0.184 e. The molecule has 3 aromatic rings. The Kier molecular flexibility index (Phi) is 3.40. The van der Waals surface area contributed by atoms with Gasteiger partial charge in [-0.2, -0.15) is 0 Å². The lowest BCUT2D eigenvalue weighted by Gasteiger charge is -2.10. The highest BCUT2D eigenvalue weighted by atomic mass is 32.1. The summed E-state index contributed by atoms with van der Waals surface area (Å²) in [6, 6.07) is 10.4. The maximum atomic E-state index is 5.51. The van der Waals surface area contributed by atoms with Gasteiger partial charge in [0.15, 0.2) is 10.4 Å². The predicted molar refractivity (Wildman–Crippen MR) is 85.0 cm³/mol. The third-order valence-corrected chi connectivity index (χ3v) is 3.82. The van der Waals surface area contributed by atoms with Gasteiger partial charge in [-0.1, -0.05) is 31.5 Å². The number of nitrogens with zero attached hydrogens (tertiary/aromatic N) is 2. The van der Waals surface area contributed by atoms with E-state index in [9.17, 15) is 0 Å². The van der Waals surface area contributed by atoms with E-state index in [0.717, 1.165) is 35.3 Å². The molecule has 0 atom stereocenters. The Hall–Kier alpha value is -1.94. The fraction of sp³-hybridized carbons (Fsp3) is 0.250. The lowest BCUT2D eigenvalue weighted by Crippen LogP contribution is -2.00. The molecule has 0 unspecified atom stereocenters. The first-order valence-corrected chi connectivity index (χ1v) is 7.28. The molecule has 0 saturated carbocycles. The summed E-state index contributed by atoms with van der Waals surface area (Å²) < 4.78 is 2.74. The van der Waals surface area contributed by atoms with Gasteiger partial charge in [-0.3, -0.25) is 4.57 Å². The predicted octanol–water partition coefficient (Wildman–Crippen LogP) is 4.34. The summed E-state index contributed by atoms with van der Waals surface area (Å²) in [6.45, 7) is 4.26. The van der Waals surface area contributed by atoms with Crippen molar-refractivity contribution in [3.05, 3.63) is 52.4 Å². The van der Waals surface area contributed by atoms with Gasteiger partial charge in [0.2, 0.25) is 0 Å². The molecule has 0 saturated heterocycles. The number of imidazole rings is 1. The summed E-state index contributed by atoms with van der Waals surface area (Å²) >= 11 is 5.51. The Morgan fingerprint density at radius 1 is 1.25 bits per heavy atom. The number of hydrogen-bond acceptors (Lipinski definition) is 2. The van der Waals surface area contributed by atoms with Crippen molar-refractivity contribution < 1.29 is 0 Å². The molecule has 102 valence electrons. The van der Waals surface area contributed by atoms with E-state index in [4.69, 9.17) is 12.2 Å². The largest absolute Gasteiger partial charge is 0.329 e. The average Bonchev–Trinajstić information content (AvgIpc) is 2.78. The normalized spacial score (nSPS) is 11.1. The molecule has 0 amide bonds. The standard InChI is InChI=1S/C16H17N3S/c1-3-6-12-7-4-5-8-13(12)19-15-14(18-16(19)20)11(2)9-10-17-15/h4-5,7-10H,3,6H2,1-2H3,(H,18,20). The third-order valence-electron chi connectivity index (χ3n) is 3.54. The SMILES string of the molecule is CCCc1ccccc1-n1c(=S)[nH]c2c(C)ccnc21. The minimum absolute atomic E-state index is 0.699. The minimum Gasteiger partial charge on any atom is -0.329 e. The first kappa shape index (κ1) is 13.1. The van der Waals surface area contributed by atoms with Crippen molar-refractivity contribution in [1.82, 2.24) is 14.5 Å². The van der Waals surface area contributed by atoms with Crippen LogP contribution >= 0.6 is 12.2 Å². The molecule has 0 aliphatic carbocycles. The minimum atomic E-state index is 0.699. The van der Waals surface area contributed by atoms with Gasteiger partial charge in [-0.25, -0.2) is 4.98 Å². The van der Waals surface area contributed by atoms with Crippen LogP contribution in [0.1, 0.15) is 24.5 Å². The van der Waals surface area contributed by atoms with E-state index in [1.807, 2.05) is 22.9 Å². The molecule has 1 aromatic carbocycles. The van der Waals surface area contributed by atoms with Crippen molar-refractivity contribution in [2.75, 3.05) is 0 Å². The average molecular weight is 283 g/mol. The van der Waals surface area contributed by atoms with Gasteiger partial charge in [-0.05, 0) is 48.8 Å². The van der Waals surface area contributed by atoms with E-state index in [2.05, 4.69) is 42.0 Å². The Bertz CT molecular complexity index is 814. The molecular weight excluding hydrogens is 266 g/mol. The number of hydrogen-bond donors (Lipinski definition) is 1.